The average molecular weight is 391 g/mol. The number of carbonyl (C=O) groups is 1. The third kappa shape index (κ3) is 3.68. The lowest BCUT2D eigenvalue weighted by molar-refractivity contribution is -0.128. The second-order valence-electron chi connectivity index (χ2n) is 9.22. The molecule has 156 valence electrons. The number of carbonyl (C=O) groups excluding carboxylic acids is 1. The van der Waals surface area contributed by atoms with Gasteiger partial charge in [-0.1, -0.05) is 26.0 Å². The molecule has 4 aliphatic rings. The third-order valence-corrected chi connectivity index (χ3v) is 7.60. The molecule has 4 nitrogen and oxygen atoms in total. The number of halogens is 1. The van der Waals surface area contributed by atoms with Gasteiger partial charge in [-0.05, 0) is 68.9 Å². The van der Waals surface area contributed by atoms with Gasteiger partial charge in [-0.2, -0.15) is 0 Å². The predicted octanol–water partition coefficient (Wildman–Crippen LogP) is 3.98. The molecule has 1 amide bonds. The molecule has 0 aromatic rings. The maximum atomic E-state index is 13.7. The number of amides is 1. The van der Waals surface area contributed by atoms with E-state index in [1.54, 1.807) is 0 Å². The minimum absolute atomic E-state index is 0.0996. The lowest BCUT2D eigenvalue weighted by Gasteiger charge is -2.37. The Bertz CT molecular complexity index is 645. The smallest absolute Gasteiger partial charge is 0.235 e. The van der Waals surface area contributed by atoms with E-state index in [1.807, 2.05) is 0 Å². The van der Waals surface area contributed by atoms with Crippen molar-refractivity contribution in [3.63, 3.8) is 0 Å². The number of rotatable bonds is 5. The predicted molar refractivity (Wildman–Crippen MR) is 108 cm³/mol. The van der Waals surface area contributed by atoms with Crippen LogP contribution in [0.15, 0.2) is 23.4 Å². The summed E-state index contributed by atoms with van der Waals surface area (Å²) in [5, 5.41) is 3.15. The summed E-state index contributed by atoms with van der Waals surface area (Å²) in [4.78, 5) is 15.4. The van der Waals surface area contributed by atoms with Crippen molar-refractivity contribution in [1.82, 2.24) is 10.2 Å². The largest absolute Gasteiger partial charge is 0.381 e. The van der Waals surface area contributed by atoms with Crippen LogP contribution in [-0.4, -0.2) is 49.3 Å². The highest BCUT2D eigenvalue weighted by molar-refractivity contribution is 5.94. The fourth-order valence-electron chi connectivity index (χ4n) is 5.72. The van der Waals surface area contributed by atoms with E-state index in [-0.39, 0.29) is 5.91 Å². The Morgan fingerprint density at radius 2 is 2.00 bits per heavy atom. The van der Waals surface area contributed by atoms with Crippen LogP contribution in [0.4, 0.5) is 4.39 Å². The van der Waals surface area contributed by atoms with Crippen molar-refractivity contribution in [2.45, 2.75) is 71.0 Å². The molecule has 1 N–H and O–H groups in total. The maximum absolute atomic E-state index is 13.7. The van der Waals surface area contributed by atoms with Crippen LogP contribution in [0.3, 0.4) is 0 Å². The second-order valence-corrected chi connectivity index (χ2v) is 9.22. The molecule has 0 aromatic carbocycles. The molecular formula is C23H35FN2O2. The Hall–Kier alpha value is -1.20. The van der Waals surface area contributed by atoms with Crippen LogP contribution in [0, 0.1) is 17.3 Å². The van der Waals surface area contributed by atoms with E-state index >= 15 is 0 Å². The molecule has 2 saturated heterocycles. The Kier molecular flexibility index (Phi) is 5.93. The Morgan fingerprint density at radius 1 is 1.29 bits per heavy atom. The zero-order chi connectivity index (χ0) is 19.7. The summed E-state index contributed by atoms with van der Waals surface area (Å²) in [5.74, 6) is 1.08. The van der Waals surface area contributed by atoms with Gasteiger partial charge >= 0.3 is 0 Å². The molecule has 2 heterocycles. The summed E-state index contributed by atoms with van der Waals surface area (Å²) in [5.41, 5.74) is 1.71. The number of hydrogen-bond donors (Lipinski definition) is 1. The normalized spacial score (nSPS) is 34.8. The average Bonchev–Trinajstić information content (AvgIpc) is 2.99. The monoisotopic (exact) mass is 390 g/mol. The molecule has 1 saturated carbocycles. The maximum Gasteiger partial charge on any atom is 0.235 e. The molecule has 1 unspecified atom stereocenters. The van der Waals surface area contributed by atoms with Gasteiger partial charge in [0.05, 0.1) is 5.41 Å². The molecule has 2 aliphatic carbocycles. The van der Waals surface area contributed by atoms with Gasteiger partial charge in [-0.15, -0.1) is 0 Å². The van der Waals surface area contributed by atoms with E-state index in [9.17, 15) is 9.18 Å². The number of nitrogens with one attached hydrogen (secondary N) is 1. The van der Waals surface area contributed by atoms with Crippen molar-refractivity contribution >= 4 is 5.91 Å². The molecule has 0 aromatic heterocycles. The first kappa shape index (κ1) is 20.1. The first-order valence-corrected chi connectivity index (χ1v) is 11.2. The zero-order valence-corrected chi connectivity index (χ0v) is 17.4. The standard InChI is InChI=1S/C23H35FN2O2/c1-3-26(19-8-12-28-13-9-19)15-16(2)17-4-5-20-21(14-17)25-22(27)23(20)10-6-18(24)7-11-23/h5,14,16-19H,3-4,6-13,15H2,1-2H3,(H,25,27)/t16?,17-,18?,23?/m0/s1. The van der Waals surface area contributed by atoms with E-state index in [0.717, 1.165) is 56.8 Å². The Balaban J connectivity index is 1.43. The molecule has 4 rings (SSSR count). The Labute approximate surface area is 168 Å². The number of ether oxygens (including phenoxy) is 1. The number of nitrogens with zero attached hydrogens (tertiary/aromatic N) is 1. The summed E-state index contributed by atoms with van der Waals surface area (Å²) >= 11 is 0. The van der Waals surface area contributed by atoms with Gasteiger partial charge < -0.3 is 15.0 Å². The van der Waals surface area contributed by atoms with Crippen molar-refractivity contribution in [1.29, 1.82) is 0 Å². The highest BCUT2D eigenvalue weighted by Crippen LogP contribution is 2.51. The molecule has 2 aliphatic heterocycles. The van der Waals surface area contributed by atoms with E-state index in [0.29, 0.717) is 43.6 Å². The Morgan fingerprint density at radius 3 is 2.68 bits per heavy atom. The molecule has 1 spiro atoms. The van der Waals surface area contributed by atoms with E-state index in [4.69, 9.17) is 4.74 Å². The van der Waals surface area contributed by atoms with Gasteiger partial charge in [-0.25, -0.2) is 4.39 Å². The summed E-state index contributed by atoms with van der Waals surface area (Å²) in [6.45, 7) is 8.50. The molecule has 0 radical (unpaired) electrons. The van der Waals surface area contributed by atoms with Crippen molar-refractivity contribution in [3.05, 3.63) is 23.4 Å². The van der Waals surface area contributed by atoms with E-state index in [2.05, 4.69) is 36.2 Å². The van der Waals surface area contributed by atoms with Crippen LogP contribution in [0.25, 0.3) is 0 Å². The van der Waals surface area contributed by atoms with Crippen LogP contribution in [0.1, 0.15) is 58.8 Å². The first-order valence-electron chi connectivity index (χ1n) is 11.2. The van der Waals surface area contributed by atoms with Crippen LogP contribution in [0.2, 0.25) is 0 Å². The second kappa shape index (κ2) is 8.27. The van der Waals surface area contributed by atoms with Crippen LogP contribution in [0.5, 0.6) is 0 Å². The quantitative estimate of drug-likeness (QED) is 0.772. The number of alkyl halides is 1. The lowest BCUT2D eigenvalue weighted by atomic mass is 9.67. The molecule has 3 fully saturated rings. The summed E-state index contributed by atoms with van der Waals surface area (Å²) in [6, 6.07) is 0.633. The number of hydrogen-bond acceptors (Lipinski definition) is 3. The molecular weight excluding hydrogens is 355 g/mol. The minimum atomic E-state index is -0.742. The SMILES string of the molecule is CCN(CC(C)[C@@H]1C=C2NC(=O)C3(CCC(F)CC3)C2=CC1)C1CCOCC1. The molecule has 0 bridgehead atoms. The van der Waals surface area contributed by atoms with Gasteiger partial charge in [0.1, 0.15) is 6.17 Å². The lowest BCUT2D eigenvalue weighted by Crippen LogP contribution is -2.42. The van der Waals surface area contributed by atoms with Crippen molar-refractivity contribution in [2.75, 3.05) is 26.3 Å². The summed E-state index contributed by atoms with van der Waals surface area (Å²) in [6.07, 6.45) is 9.41. The fourth-order valence-corrected chi connectivity index (χ4v) is 5.72. The highest BCUT2D eigenvalue weighted by atomic mass is 19.1. The third-order valence-electron chi connectivity index (χ3n) is 7.60. The van der Waals surface area contributed by atoms with Gasteiger partial charge in [0, 0.05) is 31.5 Å². The number of allylic oxidation sites excluding steroid dienone is 3. The van der Waals surface area contributed by atoms with Gasteiger partial charge in [0.15, 0.2) is 0 Å². The first-order chi connectivity index (χ1) is 13.5. The van der Waals surface area contributed by atoms with Gasteiger partial charge in [-0.3, -0.25) is 4.79 Å². The van der Waals surface area contributed by atoms with E-state index in [1.165, 1.54) is 0 Å². The van der Waals surface area contributed by atoms with Gasteiger partial charge in [0.25, 0.3) is 0 Å². The van der Waals surface area contributed by atoms with Crippen molar-refractivity contribution in [3.8, 4) is 0 Å². The zero-order valence-electron chi connectivity index (χ0n) is 17.4. The van der Waals surface area contributed by atoms with Gasteiger partial charge in [0.2, 0.25) is 5.91 Å². The topological polar surface area (TPSA) is 41.6 Å². The summed E-state index contributed by atoms with van der Waals surface area (Å²) < 4.78 is 19.2. The van der Waals surface area contributed by atoms with E-state index < -0.39 is 11.6 Å². The molecule has 2 atom stereocenters. The van der Waals surface area contributed by atoms with Crippen molar-refractivity contribution in [2.24, 2.45) is 17.3 Å². The highest BCUT2D eigenvalue weighted by Gasteiger charge is 2.51. The van der Waals surface area contributed by atoms with Crippen LogP contribution < -0.4 is 5.32 Å². The van der Waals surface area contributed by atoms with Crippen LogP contribution >= 0.6 is 0 Å². The fraction of sp³-hybridized carbons (Fsp3) is 0.783. The molecule has 5 heteroatoms. The van der Waals surface area contributed by atoms with Crippen LogP contribution in [-0.2, 0) is 9.53 Å². The summed E-state index contributed by atoms with van der Waals surface area (Å²) in [7, 11) is 0. The molecule has 28 heavy (non-hydrogen) atoms. The van der Waals surface area contributed by atoms with Crippen molar-refractivity contribution < 1.29 is 13.9 Å². The number of fused-ring (bicyclic) bond motifs is 2. The minimum Gasteiger partial charge on any atom is -0.381 e.